The Labute approximate surface area is 854 Å². The van der Waals surface area contributed by atoms with Crippen LogP contribution in [0.3, 0.4) is 0 Å². The summed E-state index contributed by atoms with van der Waals surface area (Å²) in [5.74, 6) is -14.6. The van der Waals surface area contributed by atoms with Crippen LogP contribution < -0.4 is 28.4 Å². The highest BCUT2D eigenvalue weighted by Gasteiger charge is 2.40. The third kappa shape index (κ3) is 44.5. The number of aliphatic carboxylic acids is 1. The SMILES string of the molecule is C=CC(=O)OCCCCOC(=O)C1CCC(C(=O)O)CC1.C=CC(=O)OCCCCOC(=O)C1CCC(C(=O)Oc2ccc(OC(=O)C3CCC(C(=O)Oc4ccc(OC(=O)C5CCC(C(=O)OCCCCOC(=O)C=C)CC5)cc4C(=O)OCCCC)CC3)c(C(=O)OCCCC)c2)CC1.CCCCOC(=O)c1cc(O)ccc1OC(=O)C1CCC(C(=O)Oc2ccc(O)cc2C(=O)OCCCC)CC1.O=S(Cl)Cl. The molecule has 4 aromatic rings. The lowest BCUT2D eigenvalue weighted by Crippen LogP contribution is -2.31. The lowest BCUT2D eigenvalue weighted by molar-refractivity contribution is -0.153. The van der Waals surface area contributed by atoms with Crippen LogP contribution in [0.25, 0.3) is 0 Å². The molecule has 4 aromatic carbocycles. The van der Waals surface area contributed by atoms with E-state index in [0.717, 1.165) is 43.9 Å². The van der Waals surface area contributed by atoms with Crippen LogP contribution in [0.5, 0.6) is 46.0 Å². The van der Waals surface area contributed by atoms with Crippen molar-refractivity contribution in [3.05, 3.63) is 133 Å². The average Bonchev–Trinajstić information content (AvgIpc) is 0.824. The maximum absolute atomic E-state index is 13.7. The van der Waals surface area contributed by atoms with Gasteiger partial charge in [-0.05, 0) is 265 Å². The molecule has 0 bridgehead atoms. The van der Waals surface area contributed by atoms with Gasteiger partial charge in [0.25, 0.3) is 0 Å². The van der Waals surface area contributed by atoms with E-state index in [1.54, 1.807) is 0 Å². The summed E-state index contributed by atoms with van der Waals surface area (Å²) in [5, 5.41) is 28.5. The molecule has 3 N–H and O–H groups in total. The molecule has 0 heterocycles. The number of rotatable bonds is 50. The standard InChI is InChI=1S/C60H76O20.C30H36O10.C15H22O6.Cl2OS/c1-5-9-31-75-59(69)47-37-45(77-55(65)41-19-15-39(16-20-41)53(63)73-35-13-11-33-71-51(61)7-3)27-29-49(47)79-57(67)43-23-25-44(26-24-43)58(68)80-50-30-28-46(38-48(50)60(70)76-32-10-6-2)78-56(66)42-21-17-40(18-22-42)54(64)74-36-14-12-34-72-52(62)8-4;1-3-5-15-37-29(35)23-17-21(31)11-13-25(23)39-27(33)19-7-9-20(10-8-19)28(34)40-26-14-12-22(32)18-24(26)30(36)38-16-6-4-2;1-2-13(16)20-9-3-4-10-21-15(19)12-7-5-11(6-8-12)14(17)18;1-4(2)3/h7-8,27-30,37-44H,3-6,9-26,31-36H2,1-2H3;11-14,17-20,31-32H,3-10,15-16H2,1-2H3;2,11-12H,1,3-10H2,(H,17,18);. The van der Waals surface area contributed by atoms with E-state index in [2.05, 4.69) is 41.1 Å². The summed E-state index contributed by atoms with van der Waals surface area (Å²) in [6.07, 6.45) is 20.1. The zero-order valence-electron chi connectivity index (χ0n) is 82.6. The number of esters is 16. The molecule has 0 unspecified atom stereocenters. The number of unbranched alkanes of at least 4 members (excludes halogenated alkanes) is 7. The minimum absolute atomic E-state index is 0.00323. The molecule has 37 nitrogen and oxygen atoms in total. The number of aromatic hydroxyl groups is 2. The fourth-order valence-corrected chi connectivity index (χ4v) is 15.9. The lowest BCUT2D eigenvalue weighted by atomic mass is 9.82. The van der Waals surface area contributed by atoms with E-state index in [1.807, 2.05) is 27.7 Å². The van der Waals surface area contributed by atoms with Crippen LogP contribution >= 0.6 is 21.4 Å². The van der Waals surface area contributed by atoms with Gasteiger partial charge >= 0.3 is 101 Å². The maximum atomic E-state index is 13.7. The Hall–Kier alpha value is -12.6. The summed E-state index contributed by atoms with van der Waals surface area (Å²) in [4.78, 5) is 212. The predicted molar refractivity (Wildman–Crippen MR) is 522 cm³/mol. The van der Waals surface area contributed by atoms with Gasteiger partial charge in [0.2, 0.25) is 9.23 Å². The molecule has 5 fully saturated rings. The quantitative estimate of drug-likeness (QED) is 0.00923. The highest BCUT2D eigenvalue weighted by atomic mass is 36.0. The molecule has 0 aliphatic heterocycles. The molecule has 5 aliphatic carbocycles. The number of carboxylic acid groups (broad SMARTS) is 1. The topological polar surface area (TPSA) is 516 Å². The zero-order chi connectivity index (χ0) is 106. The van der Waals surface area contributed by atoms with Crippen molar-refractivity contribution in [3.63, 3.8) is 0 Å². The van der Waals surface area contributed by atoms with Crippen molar-refractivity contribution in [1.29, 1.82) is 0 Å². The fourth-order valence-electron chi connectivity index (χ4n) is 15.9. The van der Waals surface area contributed by atoms with Crippen LogP contribution in [-0.2, 0) is 119 Å². The van der Waals surface area contributed by atoms with Crippen LogP contribution in [0.4, 0.5) is 0 Å². The first kappa shape index (κ1) is 121. The van der Waals surface area contributed by atoms with Crippen LogP contribution in [0.1, 0.15) is 287 Å². The Balaban J connectivity index is 0.000000403. The molecular weight excluding hydrogens is 1960 g/mol. The summed E-state index contributed by atoms with van der Waals surface area (Å²) in [6, 6.07) is 15.8. The Morgan fingerprint density at radius 2 is 0.462 bits per heavy atom. The predicted octanol–water partition coefficient (Wildman–Crippen LogP) is 17.7. The Morgan fingerprint density at radius 1 is 0.276 bits per heavy atom. The molecule has 0 spiro atoms. The van der Waals surface area contributed by atoms with E-state index in [4.69, 9.17) is 85.1 Å². The molecular formula is C105H134Cl2O37S. The summed E-state index contributed by atoms with van der Waals surface area (Å²) in [7, 11) is 7.36. The number of hydrogen-bond acceptors (Lipinski definition) is 36. The summed E-state index contributed by atoms with van der Waals surface area (Å²) in [5.41, 5.74) is -0.324. The van der Waals surface area contributed by atoms with Gasteiger partial charge in [0.15, 0.2) is 0 Å². The largest absolute Gasteiger partial charge is 0.508 e. The lowest BCUT2D eigenvalue weighted by Gasteiger charge is -2.26. The van der Waals surface area contributed by atoms with E-state index < -0.39 is 128 Å². The van der Waals surface area contributed by atoms with Crippen molar-refractivity contribution in [3.8, 4) is 46.0 Å². The third-order valence-electron chi connectivity index (χ3n) is 24.5. The number of benzene rings is 4. The van der Waals surface area contributed by atoms with Gasteiger partial charge in [0, 0.05) is 39.6 Å². The maximum Gasteiger partial charge on any atom is 0.342 e. The Bertz CT molecular complexity index is 4740. The van der Waals surface area contributed by atoms with E-state index in [-0.39, 0.29) is 195 Å². The zero-order valence-corrected chi connectivity index (χ0v) is 84.9. The van der Waals surface area contributed by atoms with E-state index >= 15 is 0 Å². The van der Waals surface area contributed by atoms with E-state index in [9.17, 15) is 91.7 Å². The molecule has 145 heavy (non-hydrogen) atoms. The van der Waals surface area contributed by atoms with E-state index in [0.29, 0.717) is 174 Å². The second kappa shape index (κ2) is 67.2. The van der Waals surface area contributed by atoms with Gasteiger partial charge in [-0.25, -0.2) is 37.8 Å². The van der Waals surface area contributed by atoms with Crippen molar-refractivity contribution in [2.24, 2.45) is 59.2 Å². The first-order valence-corrected chi connectivity index (χ1v) is 52.2. The van der Waals surface area contributed by atoms with E-state index in [1.165, 1.54) is 72.8 Å². The minimum Gasteiger partial charge on any atom is -0.508 e. The number of hydrogen-bond donors (Lipinski definition) is 3. The summed E-state index contributed by atoms with van der Waals surface area (Å²) >= 11 is 0. The van der Waals surface area contributed by atoms with Gasteiger partial charge < -0.3 is 91.1 Å². The molecule has 0 saturated heterocycles. The van der Waals surface area contributed by atoms with Gasteiger partial charge in [0.1, 0.15) is 68.2 Å². The van der Waals surface area contributed by atoms with Gasteiger partial charge in [-0.15, -0.1) is 0 Å². The first-order valence-electron chi connectivity index (χ1n) is 49.4. The number of carboxylic acids is 1. The van der Waals surface area contributed by atoms with Gasteiger partial charge in [-0.1, -0.05) is 73.1 Å². The molecule has 0 atom stereocenters. The average molecular weight is 2090 g/mol. The molecule has 5 aliphatic rings. The van der Waals surface area contributed by atoms with Gasteiger partial charge in [-0.2, -0.15) is 0 Å². The number of carbonyl (C=O) groups is 17. The van der Waals surface area contributed by atoms with Crippen LogP contribution in [0.2, 0.25) is 0 Å². The van der Waals surface area contributed by atoms with Crippen molar-refractivity contribution in [2.75, 3.05) is 66.1 Å². The van der Waals surface area contributed by atoms with Crippen molar-refractivity contribution < 1.29 is 177 Å². The number of halogens is 2. The van der Waals surface area contributed by atoms with Crippen molar-refractivity contribution >= 4 is 132 Å². The molecule has 0 amide bonds. The third-order valence-corrected chi connectivity index (χ3v) is 24.5. The number of carbonyl (C=O) groups excluding carboxylic acids is 16. The highest BCUT2D eigenvalue weighted by molar-refractivity contribution is 8.26. The smallest absolute Gasteiger partial charge is 0.342 e. The van der Waals surface area contributed by atoms with Gasteiger partial charge in [0.05, 0.1) is 125 Å². The molecule has 5 saturated carbocycles. The number of ether oxygens (including phenoxy) is 16. The normalized spacial score (nSPS) is 18.7. The van der Waals surface area contributed by atoms with Gasteiger partial charge in [-0.3, -0.25) is 47.9 Å². The highest BCUT2D eigenvalue weighted by Crippen LogP contribution is 2.40. The molecule has 9 rings (SSSR count). The van der Waals surface area contributed by atoms with Crippen molar-refractivity contribution in [1.82, 2.24) is 0 Å². The Morgan fingerprint density at radius 3 is 0.676 bits per heavy atom. The molecule has 0 radical (unpaired) electrons. The van der Waals surface area contributed by atoms with Crippen molar-refractivity contribution in [2.45, 2.75) is 246 Å². The minimum atomic E-state index is -1.67. The number of phenols is 2. The monoisotopic (exact) mass is 2090 g/mol. The second-order valence-electron chi connectivity index (χ2n) is 35.2. The Kier molecular flexibility index (Phi) is 56.1. The van der Waals surface area contributed by atoms with Crippen LogP contribution in [0, 0.1) is 59.2 Å². The first-order chi connectivity index (χ1) is 69.6. The summed E-state index contributed by atoms with van der Waals surface area (Å²) in [6.45, 7) is 19.7. The number of phenolic OH excluding ortho intramolecular Hbond substituents is 2. The second-order valence-corrected chi connectivity index (χ2v) is 37.7. The molecule has 40 heteroatoms. The fraction of sp³-hybridized carbons (Fsp3) is 0.552. The van der Waals surface area contributed by atoms with Crippen LogP contribution in [0.15, 0.2) is 111 Å². The molecule has 796 valence electrons. The molecule has 0 aromatic heterocycles. The summed E-state index contributed by atoms with van der Waals surface area (Å²) < 4.78 is 95.0. The van der Waals surface area contributed by atoms with Crippen LogP contribution in [-0.4, -0.2) is 187 Å².